The Hall–Kier alpha value is -3.66. The molecule has 0 amide bonds. The van der Waals surface area contributed by atoms with Gasteiger partial charge < -0.3 is 5.11 Å². The first kappa shape index (κ1) is 16.8. The van der Waals surface area contributed by atoms with E-state index in [1.165, 1.54) is 0 Å². The second-order valence-electron chi connectivity index (χ2n) is 6.39. The SMILES string of the molecule is Cc1ccn2c(/C=C/C(=O)O)c(-c3ccc(-c4ccccc4)cc3)nc2c1. The third kappa shape index (κ3) is 3.37. The van der Waals surface area contributed by atoms with Crippen molar-refractivity contribution in [3.05, 3.63) is 90.3 Å². The van der Waals surface area contributed by atoms with E-state index in [0.29, 0.717) is 0 Å². The number of hydrogen-bond donors (Lipinski definition) is 1. The Bertz CT molecular complexity index is 1140. The van der Waals surface area contributed by atoms with Gasteiger partial charge in [-0.05, 0) is 41.8 Å². The Labute approximate surface area is 157 Å². The molecule has 4 nitrogen and oxygen atoms in total. The summed E-state index contributed by atoms with van der Waals surface area (Å²) in [5.41, 5.74) is 6.63. The summed E-state index contributed by atoms with van der Waals surface area (Å²) in [6.45, 7) is 2.01. The first-order chi connectivity index (χ1) is 13.1. The van der Waals surface area contributed by atoms with E-state index >= 15 is 0 Å². The molecule has 2 aromatic heterocycles. The number of fused-ring (bicyclic) bond motifs is 1. The summed E-state index contributed by atoms with van der Waals surface area (Å²) < 4.78 is 1.91. The van der Waals surface area contributed by atoms with Gasteiger partial charge in [0.15, 0.2) is 0 Å². The maximum atomic E-state index is 11.0. The summed E-state index contributed by atoms with van der Waals surface area (Å²) in [6.07, 6.45) is 4.66. The molecule has 27 heavy (non-hydrogen) atoms. The number of aryl methyl sites for hydroxylation is 1. The Kier molecular flexibility index (Phi) is 4.30. The second kappa shape index (κ2) is 6.92. The molecule has 2 aromatic carbocycles. The van der Waals surface area contributed by atoms with Crippen LogP contribution in [0, 0.1) is 6.92 Å². The summed E-state index contributed by atoms with van der Waals surface area (Å²) >= 11 is 0. The van der Waals surface area contributed by atoms with Crippen molar-refractivity contribution < 1.29 is 9.90 Å². The van der Waals surface area contributed by atoms with E-state index < -0.39 is 5.97 Å². The van der Waals surface area contributed by atoms with Gasteiger partial charge >= 0.3 is 5.97 Å². The summed E-state index contributed by atoms with van der Waals surface area (Å²) in [4.78, 5) is 15.8. The molecule has 0 spiro atoms. The fourth-order valence-electron chi connectivity index (χ4n) is 3.14. The number of aromatic nitrogens is 2. The number of aliphatic carboxylic acids is 1. The Morgan fingerprint density at radius 1 is 0.963 bits per heavy atom. The lowest BCUT2D eigenvalue weighted by Gasteiger charge is -2.04. The van der Waals surface area contributed by atoms with Crippen molar-refractivity contribution in [2.24, 2.45) is 0 Å². The van der Waals surface area contributed by atoms with E-state index in [-0.39, 0.29) is 0 Å². The lowest BCUT2D eigenvalue weighted by molar-refractivity contribution is -0.131. The van der Waals surface area contributed by atoms with Crippen molar-refractivity contribution in [1.82, 2.24) is 9.38 Å². The van der Waals surface area contributed by atoms with Crippen LogP contribution in [0.25, 0.3) is 34.1 Å². The minimum atomic E-state index is -0.984. The first-order valence-corrected chi connectivity index (χ1v) is 8.67. The van der Waals surface area contributed by atoms with Crippen LogP contribution >= 0.6 is 0 Å². The molecule has 0 radical (unpaired) electrons. The number of pyridine rings is 1. The minimum absolute atomic E-state index is 0.750. The van der Waals surface area contributed by atoms with Gasteiger partial charge in [0.2, 0.25) is 0 Å². The zero-order valence-electron chi connectivity index (χ0n) is 14.8. The number of carbonyl (C=O) groups is 1. The molecule has 132 valence electrons. The highest BCUT2D eigenvalue weighted by Crippen LogP contribution is 2.28. The molecule has 0 aliphatic heterocycles. The highest BCUT2D eigenvalue weighted by molar-refractivity contribution is 5.87. The van der Waals surface area contributed by atoms with Crippen LogP contribution in [0.1, 0.15) is 11.3 Å². The maximum Gasteiger partial charge on any atom is 0.328 e. The van der Waals surface area contributed by atoms with Crippen LogP contribution in [0.5, 0.6) is 0 Å². The quantitative estimate of drug-likeness (QED) is 0.520. The van der Waals surface area contributed by atoms with Crippen molar-refractivity contribution in [3.8, 4) is 22.4 Å². The van der Waals surface area contributed by atoms with Crippen molar-refractivity contribution >= 4 is 17.7 Å². The standard InChI is InChI=1S/C23H18N2O2/c1-16-13-14-25-20(11-12-22(26)27)23(24-21(25)15-16)19-9-7-18(8-10-19)17-5-3-2-4-6-17/h2-15H,1H3,(H,26,27)/b12-11+. The molecular formula is C23H18N2O2. The first-order valence-electron chi connectivity index (χ1n) is 8.67. The number of carboxylic acid groups (broad SMARTS) is 1. The van der Waals surface area contributed by atoms with E-state index in [4.69, 9.17) is 10.1 Å². The van der Waals surface area contributed by atoms with Crippen LogP contribution in [-0.2, 0) is 4.79 Å². The van der Waals surface area contributed by atoms with Crippen molar-refractivity contribution in [2.45, 2.75) is 6.92 Å². The van der Waals surface area contributed by atoms with Gasteiger partial charge in [-0.25, -0.2) is 9.78 Å². The van der Waals surface area contributed by atoms with E-state index in [1.807, 2.05) is 60.0 Å². The monoisotopic (exact) mass is 354 g/mol. The van der Waals surface area contributed by atoms with Gasteiger partial charge in [-0.1, -0.05) is 54.6 Å². The van der Waals surface area contributed by atoms with Crippen LogP contribution in [0.15, 0.2) is 79.0 Å². The van der Waals surface area contributed by atoms with Crippen LogP contribution in [-0.4, -0.2) is 20.5 Å². The third-order valence-electron chi connectivity index (χ3n) is 4.47. The normalized spacial score (nSPS) is 11.3. The molecule has 2 heterocycles. The summed E-state index contributed by atoms with van der Waals surface area (Å²) in [5, 5.41) is 9.04. The van der Waals surface area contributed by atoms with Gasteiger partial charge in [0.1, 0.15) is 5.65 Å². The van der Waals surface area contributed by atoms with Crippen molar-refractivity contribution in [2.75, 3.05) is 0 Å². The second-order valence-corrected chi connectivity index (χ2v) is 6.39. The summed E-state index contributed by atoms with van der Waals surface area (Å²) in [6, 6.07) is 22.3. The van der Waals surface area contributed by atoms with E-state index in [1.54, 1.807) is 6.08 Å². The molecule has 1 N–H and O–H groups in total. The highest BCUT2D eigenvalue weighted by Gasteiger charge is 2.12. The molecular weight excluding hydrogens is 336 g/mol. The Balaban J connectivity index is 1.83. The van der Waals surface area contributed by atoms with Gasteiger partial charge in [0.05, 0.1) is 11.4 Å². The maximum absolute atomic E-state index is 11.0. The number of hydrogen-bond acceptors (Lipinski definition) is 2. The van der Waals surface area contributed by atoms with E-state index in [9.17, 15) is 4.79 Å². The lowest BCUT2D eigenvalue weighted by Crippen LogP contribution is -1.91. The molecule has 0 aliphatic carbocycles. The fourth-order valence-corrected chi connectivity index (χ4v) is 3.14. The number of rotatable bonds is 4. The number of carboxylic acids is 1. The van der Waals surface area contributed by atoms with Gasteiger partial charge in [-0.3, -0.25) is 4.40 Å². The predicted molar refractivity (Wildman–Crippen MR) is 107 cm³/mol. The molecule has 0 atom stereocenters. The van der Waals surface area contributed by atoms with Crippen molar-refractivity contribution in [3.63, 3.8) is 0 Å². The molecule has 0 unspecified atom stereocenters. The van der Waals surface area contributed by atoms with E-state index in [2.05, 4.69) is 24.3 Å². The average molecular weight is 354 g/mol. The molecule has 4 rings (SSSR count). The summed E-state index contributed by atoms with van der Waals surface area (Å²) in [5.74, 6) is -0.984. The third-order valence-corrected chi connectivity index (χ3v) is 4.47. The van der Waals surface area contributed by atoms with Crippen LogP contribution < -0.4 is 0 Å². The number of nitrogens with zero attached hydrogens (tertiary/aromatic N) is 2. The van der Waals surface area contributed by atoms with Crippen LogP contribution in [0.2, 0.25) is 0 Å². The fraction of sp³-hybridized carbons (Fsp3) is 0.0435. The largest absolute Gasteiger partial charge is 0.478 e. The molecule has 0 bridgehead atoms. The Morgan fingerprint density at radius 3 is 2.33 bits per heavy atom. The smallest absolute Gasteiger partial charge is 0.328 e. The lowest BCUT2D eigenvalue weighted by atomic mass is 10.0. The van der Waals surface area contributed by atoms with Gasteiger partial charge in [-0.15, -0.1) is 0 Å². The van der Waals surface area contributed by atoms with Gasteiger partial charge in [0, 0.05) is 17.8 Å². The van der Waals surface area contributed by atoms with Gasteiger partial charge in [0.25, 0.3) is 0 Å². The zero-order valence-corrected chi connectivity index (χ0v) is 14.8. The Morgan fingerprint density at radius 2 is 1.63 bits per heavy atom. The molecule has 4 heteroatoms. The zero-order chi connectivity index (χ0) is 18.8. The number of benzene rings is 2. The predicted octanol–water partition coefficient (Wildman–Crippen LogP) is 5.07. The molecule has 0 saturated heterocycles. The minimum Gasteiger partial charge on any atom is -0.478 e. The van der Waals surface area contributed by atoms with Gasteiger partial charge in [-0.2, -0.15) is 0 Å². The topological polar surface area (TPSA) is 54.6 Å². The van der Waals surface area contributed by atoms with Crippen molar-refractivity contribution in [1.29, 1.82) is 0 Å². The molecule has 0 fully saturated rings. The molecule has 0 saturated carbocycles. The molecule has 0 aliphatic rings. The molecule has 4 aromatic rings. The van der Waals surface area contributed by atoms with Crippen LogP contribution in [0.3, 0.4) is 0 Å². The van der Waals surface area contributed by atoms with E-state index in [0.717, 1.165) is 45.4 Å². The van der Waals surface area contributed by atoms with Crippen LogP contribution in [0.4, 0.5) is 0 Å². The summed E-state index contributed by atoms with van der Waals surface area (Å²) in [7, 11) is 0. The number of imidazole rings is 1. The average Bonchev–Trinajstić information content (AvgIpc) is 3.04. The highest BCUT2D eigenvalue weighted by atomic mass is 16.4.